The van der Waals surface area contributed by atoms with Gasteiger partial charge in [0.2, 0.25) is 0 Å². The Morgan fingerprint density at radius 2 is 1.60 bits per heavy atom. The van der Waals surface area contributed by atoms with Crippen molar-refractivity contribution in [3.8, 4) is 5.75 Å². The molecule has 20 heavy (non-hydrogen) atoms. The van der Waals surface area contributed by atoms with E-state index in [9.17, 15) is 14.6 Å². The topological polar surface area (TPSA) is 66.8 Å². The van der Waals surface area contributed by atoms with Crippen LogP contribution in [0.5, 0.6) is 5.75 Å². The van der Waals surface area contributed by atoms with Crippen LogP contribution in [0.15, 0.2) is 12.1 Å². The lowest BCUT2D eigenvalue weighted by molar-refractivity contribution is 0.272. The number of phenolic OH excluding ortho intramolecular Hbond substituents is 1. The molecule has 1 atom stereocenters. The van der Waals surface area contributed by atoms with E-state index in [1.165, 1.54) is 0 Å². The van der Waals surface area contributed by atoms with E-state index >= 15 is 0 Å². The smallest absolute Gasteiger partial charge is 0.332 e. The number of hydrogen-bond donors (Lipinski definition) is 2. The predicted molar refractivity (Wildman–Crippen MR) is 81.3 cm³/mol. The summed E-state index contributed by atoms with van der Waals surface area (Å²) < 4.78 is 16.8. The molecule has 0 aliphatic carbocycles. The van der Waals surface area contributed by atoms with Gasteiger partial charge in [0.15, 0.2) is 0 Å². The average molecular weight is 300 g/mol. The van der Waals surface area contributed by atoms with E-state index in [0.29, 0.717) is 5.75 Å². The minimum Gasteiger partial charge on any atom is -0.507 e. The molecule has 1 aromatic carbocycles. The third-order valence-electron chi connectivity index (χ3n) is 3.08. The Bertz CT molecular complexity index is 458. The summed E-state index contributed by atoms with van der Waals surface area (Å²) in [4.78, 5) is 9.75. The van der Waals surface area contributed by atoms with E-state index in [1.54, 1.807) is 6.92 Å². The number of aromatic hydroxyl groups is 1. The SMILES string of the molecule is CCCc1cc(CP(=O)(O)OCC)cc(CCC)c1O. The van der Waals surface area contributed by atoms with Gasteiger partial charge in [0.25, 0.3) is 0 Å². The molecule has 0 aliphatic heterocycles. The highest BCUT2D eigenvalue weighted by Crippen LogP contribution is 2.46. The summed E-state index contributed by atoms with van der Waals surface area (Å²) in [5.41, 5.74) is 2.46. The summed E-state index contributed by atoms with van der Waals surface area (Å²) in [5, 5.41) is 10.2. The van der Waals surface area contributed by atoms with Crippen molar-refractivity contribution in [1.82, 2.24) is 0 Å². The van der Waals surface area contributed by atoms with E-state index in [1.807, 2.05) is 26.0 Å². The van der Waals surface area contributed by atoms with E-state index in [-0.39, 0.29) is 12.8 Å². The molecule has 5 heteroatoms. The van der Waals surface area contributed by atoms with Gasteiger partial charge in [0.1, 0.15) is 5.75 Å². The normalized spacial score (nSPS) is 14.2. The Kier molecular flexibility index (Phi) is 6.74. The molecule has 114 valence electrons. The molecule has 0 saturated heterocycles. The molecular weight excluding hydrogens is 275 g/mol. The Morgan fingerprint density at radius 1 is 1.10 bits per heavy atom. The standard InChI is InChI=1S/C15H25O4P/c1-4-7-13-9-12(11-20(17,18)19-6-3)10-14(8-5-2)15(13)16/h9-10,16H,4-8,11H2,1-3H3,(H,17,18). The van der Waals surface area contributed by atoms with Crippen LogP contribution in [0.1, 0.15) is 50.3 Å². The van der Waals surface area contributed by atoms with Crippen molar-refractivity contribution >= 4 is 7.60 Å². The zero-order valence-corrected chi connectivity index (χ0v) is 13.4. The molecule has 0 fully saturated rings. The maximum absolute atomic E-state index is 11.9. The third-order valence-corrected chi connectivity index (χ3v) is 4.51. The molecule has 0 saturated carbocycles. The molecule has 1 unspecified atom stereocenters. The van der Waals surface area contributed by atoms with Crippen LogP contribution in [0.25, 0.3) is 0 Å². The molecular formula is C15H25O4P. The second-order valence-electron chi connectivity index (χ2n) is 4.98. The van der Waals surface area contributed by atoms with Gasteiger partial charge in [-0.3, -0.25) is 4.57 Å². The fraction of sp³-hybridized carbons (Fsp3) is 0.600. The zero-order chi connectivity index (χ0) is 15.2. The molecule has 0 aliphatic rings. The molecule has 0 heterocycles. The van der Waals surface area contributed by atoms with Crippen LogP contribution in [0.2, 0.25) is 0 Å². The summed E-state index contributed by atoms with van der Waals surface area (Å²) in [6.07, 6.45) is 3.37. The van der Waals surface area contributed by atoms with Crippen LogP contribution < -0.4 is 0 Å². The quantitative estimate of drug-likeness (QED) is 0.712. The third kappa shape index (κ3) is 4.93. The van der Waals surface area contributed by atoms with Crippen LogP contribution in [-0.2, 0) is 28.1 Å². The molecule has 4 nitrogen and oxygen atoms in total. The summed E-state index contributed by atoms with van der Waals surface area (Å²) >= 11 is 0. The highest BCUT2D eigenvalue weighted by molar-refractivity contribution is 7.51. The Labute approximate surface area is 121 Å². The first kappa shape index (κ1) is 17.2. The van der Waals surface area contributed by atoms with Gasteiger partial charge in [-0.2, -0.15) is 0 Å². The number of rotatable bonds is 8. The lowest BCUT2D eigenvalue weighted by atomic mass is 9.99. The van der Waals surface area contributed by atoms with Crippen LogP contribution in [0, 0.1) is 0 Å². The van der Waals surface area contributed by atoms with Crippen molar-refractivity contribution < 1.29 is 19.1 Å². The van der Waals surface area contributed by atoms with Crippen molar-refractivity contribution in [3.05, 3.63) is 28.8 Å². The van der Waals surface area contributed by atoms with Gasteiger partial charge in [-0.15, -0.1) is 0 Å². The van der Waals surface area contributed by atoms with Crippen LogP contribution in [0.3, 0.4) is 0 Å². The number of hydrogen-bond acceptors (Lipinski definition) is 3. The minimum absolute atomic E-state index is 0.00541. The fourth-order valence-corrected chi connectivity index (χ4v) is 3.46. The van der Waals surface area contributed by atoms with Gasteiger partial charge >= 0.3 is 7.60 Å². The van der Waals surface area contributed by atoms with Gasteiger partial charge in [-0.1, -0.05) is 38.8 Å². The van der Waals surface area contributed by atoms with Crippen LogP contribution in [-0.4, -0.2) is 16.6 Å². The second kappa shape index (κ2) is 7.82. The van der Waals surface area contributed by atoms with Crippen molar-refractivity contribution in [2.75, 3.05) is 6.61 Å². The number of phenols is 1. The molecule has 1 rings (SSSR count). The van der Waals surface area contributed by atoms with E-state index in [2.05, 4.69) is 0 Å². The Hall–Kier alpha value is -0.830. The van der Waals surface area contributed by atoms with Crippen LogP contribution in [0.4, 0.5) is 0 Å². The van der Waals surface area contributed by atoms with Crippen molar-refractivity contribution in [2.45, 2.75) is 52.6 Å². The first-order chi connectivity index (χ1) is 9.43. The van der Waals surface area contributed by atoms with Crippen molar-refractivity contribution in [1.29, 1.82) is 0 Å². The lowest BCUT2D eigenvalue weighted by Crippen LogP contribution is -1.98. The first-order valence-corrected chi connectivity index (χ1v) is 8.99. The predicted octanol–water partition coefficient (Wildman–Crippen LogP) is 4.02. The summed E-state index contributed by atoms with van der Waals surface area (Å²) in [5.74, 6) is 0.335. The molecule has 1 aromatic rings. The highest BCUT2D eigenvalue weighted by atomic mass is 31.2. The molecule has 0 spiro atoms. The second-order valence-corrected chi connectivity index (χ2v) is 6.83. The highest BCUT2D eigenvalue weighted by Gasteiger charge is 2.21. The van der Waals surface area contributed by atoms with E-state index < -0.39 is 7.60 Å². The Balaban J connectivity index is 3.09. The summed E-state index contributed by atoms with van der Waals surface area (Å²) in [7, 11) is -3.59. The molecule has 0 bridgehead atoms. The number of aryl methyl sites for hydroxylation is 2. The molecule has 0 aromatic heterocycles. The number of benzene rings is 1. The summed E-state index contributed by atoms with van der Waals surface area (Å²) in [6.45, 7) is 6.01. The van der Waals surface area contributed by atoms with Gasteiger partial charge in [0.05, 0.1) is 12.8 Å². The monoisotopic (exact) mass is 300 g/mol. The van der Waals surface area contributed by atoms with Gasteiger partial charge in [-0.25, -0.2) is 0 Å². The van der Waals surface area contributed by atoms with Gasteiger partial charge in [0, 0.05) is 0 Å². The first-order valence-electron chi connectivity index (χ1n) is 7.23. The minimum atomic E-state index is -3.59. The van der Waals surface area contributed by atoms with Crippen molar-refractivity contribution in [2.24, 2.45) is 0 Å². The zero-order valence-electron chi connectivity index (χ0n) is 12.6. The van der Waals surface area contributed by atoms with Crippen molar-refractivity contribution in [3.63, 3.8) is 0 Å². The van der Waals surface area contributed by atoms with Gasteiger partial charge in [-0.05, 0) is 36.5 Å². The summed E-state index contributed by atoms with van der Waals surface area (Å²) in [6, 6.07) is 3.64. The largest absolute Gasteiger partial charge is 0.507 e. The van der Waals surface area contributed by atoms with Crippen LogP contribution >= 0.6 is 7.60 Å². The molecule has 2 N–H and O–H groups in total. The lowest BCUT2D eigenvalue weighted by Gasteiger charge is -2.15. The fourth-order valence-electron chi connectivity index (χ4n) is 2.32. The Morgan fingerprint density at radius 3 is 2.00 bits per heavy atom. The average Bonchev–Trinajstić information content (AvgIpc) is 2.35. The van der Waals surface area contributed by atoms with E-state index in [0.717, 1.165) is 42.4 Å². The van der Waals surface area contributed by atoms with E-state index in [4.69, 9.17) is 4.52 Å². The maximum atomic E-state index is 11.9. The molecule has 0 amide bonds. The van der Waals surface area contributed by atoms with Gasteiger partial charge < -0.3 is 14.5 Å². The maximum Gasteiger partial charge on any atom is 0.332 e. The molecule has 0 radical (unpaired) electrons.